The van der Waals surface area contributed by atoms with Gasteiger partial charge in [0, 0.05) is 33.4 Å². The van der Waals surface area contributed by atoms with Crippen LogP contribution in [0.2, 0.25) is 0 Å². The van der Waals surface area contributed by atoms with E-state index in [0.29, 0.717) is 16.7 Å². The number of aromatic carboxylic acids is 3. The van der Waals surface area contributed by atoms with Crippen molar-refractivity contribution < 1.29 is 45.0 Å². The van der Waals surface area contributed by atoms with E-state index in [9.17, 15) is 45.0 Å². The van der Waals surface area contributed by atoms with Gasteiger partial charge < -0.3 is 45.0 Å². The first-order valence-corrected chi connectivity index (χ1v) is 18.1. The molecule has 9 nitrogen and oxygen atoms in total. The largest absolute Gasteiger partial charge is 3.00 e. The van der Waals surface area contributed by atoms with E-state index < -0.39 is 17.9 Å². The second-order valence-electron chi connectivity index (χ2n) is 20.1. The molecular weight excluding hydrogens is 799 g/mol. The molecule has 0 heterocycles. The van der Waals surface area contributed by atoms with E-state index in [1.807, 2.05) is 143 Å². The molecule has 3 rings (SSSR count). The summed E-state index contributed by atoms with van der Waals surface area (Å²) >= 11 is 0. The van der Waals surface area contributed by atoms with E-state index in [0.717, 1.165) is 16.7 Å². The molecule has 0 atom stereocenters. The third kappa shape index (κ3) is 13.8. The van der Waals surface area contributed by atoms with Crippen LogP contribution in [0.3, 0.4) is 0 Å². The fraction of sp³-hybridized carbons (Fsp3) is 0.533. The summed E-state index contributed by atoms with van der Waals surface area (Å²) in [4.78, 5) is 33.3. The maximum absolute atomic E-state index is 11.1. The summed E-state index contributed by atoms with van der Waals surface area (Å²) in [6, 6.07) is 10.1. The van der Waals surface area contributed by atoms with Gasteiger partial charge in [0.1, 0.15) is 17.2 Å². The predicted octanol–water partition coefficient (Wildman–Crippen LogP) is 6.67. The van der Waals surface area contributed by atoms with Crippen LogP contribution >= 0.6 is 0 Å². The molecule has 0 saturated heterocycles. The number of carbonyl (C=O) groups is 3. The van der Waals surface area contributed by atoms with Crippen LogP contribution in [-0.4, -0.2) is 59.1 Å². The molecule has 0 radical (unpaired) electrons. The van der Waals surface area contributed by atoms with Crippen LogP contribution in [-0.2, 0) is 32.5 Å². The number of carboxylic acid groups (broad SMARTS) is 3. The normalized spacial score (nSPS) is 12.3. The first kappa shape index (κ1) is 51.3. The maximum Gasteiger partial charge on any atom is 3.00 e. The van der Waals surface area contributed by atoms with Gasteiger partial charge in [0.25, 0.3) is 0 Å². The summed E-state index contributed by atoms with van der Waals surface area (Å²) in [6.45, 7) is 35.5. The van der Waals surface area contributed by atoms with Crippen molar-refractivity contribution in [3.8, 4) is 17.2 Å². The summed E-state index contributed by atoms with van der Waals surface area (Å²) in [5, 5.41) is 63.5. The topological polar surface area (TPSA) is 181 Å². The Morgan fingerprint density at radius 1 is 0.364 bits per heavy atom. The molecule has 0 saturated carbocycles. The molecular formula is C45H63InO9. The standard InChI is InChI=1S/3C15H22O3.In/c3*1-14(2,3)9-7-10(13(17)18)12(16)11(8-9)15(4,5)6;/h3*7-8,16H,1-6H3,(H,17,18);/q;;;+3/p-3. The Labute approximate surface area is 348 Å². The zero-order chi connectivity index (χ0) is 42.9. The number of rotatable bonds is 3. The van der Waals surface area contributed by atoms with Gasteiger partial charge in [0.15, 0.2) is 0 Å². The number of hydrogen-bond acceptors (Lipinski definition) is 9. The third-order valence-corrected chi connectivity index (χ3v) is 9.01. The number of aromatic hydroxyl groups is 3. The zero-order valence-corrected chi connectivity index (χ0v) is 39.6. The first-order chi connectivity index (χ1) is 23.8. The second kappa shape index (κ2) is 17.6. The minimum absolute atomic E-state index is 0. The summed E-state index contributed by atoms with van der Waals surface area (Å²) < 4.78 is 0. The second-order valence-corrected chi connectivity index (χ2v) is 20.1. The molecule has 0 bridgehead atoms. The molecule has 300 valence electrons. The van der Waals surface area contributed by atoms with Crippen molar-refractivity contribution >= 4 is 43.8 Å². The van der Waals surface area contributed by atoms with Crippen LogP contribution in [0, 0.1) is 0 Å². The van der Waals surface area contributed by atoms with Crippen LogP contribution in [0.15, 0.2) is 36.4 Å². The number of phenols is 3. The molecule has 10 heteroatoms. The Balaban J connectivity index is 0.000000788. The first-order valence-electron chi connectivity index (χ1n) is 18.1. The minimum atomic E-state index is -1.34. The van der Waals surface area contributed by atoms with Gasteiger partial charge in [-0.05, 0) is 67.4 Å². The molecule has 0 aliphatic rings. The van der Waals surface area contributed by atoms with E-state index in [2.05, 4.69) is 0 Å². The van der Waals surface area contributed by atoms with E-state index in [1.54, 1.807) is 0 Å². The molecule has 3 aromatic rings. The van der Waals surface area contributed by atoms with E-state index in [1.165, 1.54) is 18.2 Å². The van der Waals surface area contributed by atoms with E-state index in [-0.39, 0.29) is 92.3 Å². The zero-order valence-electron chi connectivity index (χ0n) is 36.3. The monoisotopic (exact) mass is 862 g/mol. The van der Waals surface area contributed by atoms with Crippen LogP contribution < -0.4 is 15.3 Å². The maximum atomic E-state index is 11.1. The average molecular weight is 863 g/mol. The van der Waals surface area contributed by atoms with Crippen molar-refractivity contribution in [3.05, 3.63) is 86.5 Å². The smallest absolute Gasteiger partial charge is 0.545 e. The molecule has 0 spiro atoms. The molecule has 0 unspecified atom stereocenters. The van der Waals surface area contributed by atoms with Crippen molar-refractivity contribution in [1.82, 2.24) is 0 Å². The number of carboxylic acids is 3. The van der Waals surface area contributed by atoms with Gasteiger partial charge in [-0.1, -0.05) is 143 Å². The van der Waals surface area contributed by atoms with Gasteiger partial charge in [0.2, 0.25) is 0 Å². The van der Waals surface area contributed by atoms with Crippen LogP contribution in [0.5, 0.6) is 17.2 Å². The summed E-state index contributed by atoms with van der Waals surface area (Å²) in [5.41, 5.74) is 2.62. The fourth-order valence-electron chi connectivity index (χ4n) is 5.38. The van der Waals surface area contributed by atoms with Gasteiger partial charge in [0.05, 0.1) is 17.9 Å². The van der Waals surface area contributed by atoms with Crippen LogP contribution in [0.4, 0.5) is 0 Å². The predicted molar refractivity (Wildman–Crippen MR) is 215 cm³/mol. The van der Waals surface area contributed by atoms with Gasteiger partial charge in [-0.25, -0.2) is 0 Å². The average Bonchev–Trinajstić information content (AvgIpc) is 2.94. The Morgan fingerprint density at radius 3 is 0.636 bits per heavy atom. The van der Waals surface area contributed by atoms with Crippen molar-refractivity contribution in [2.45, 2.75) is 157 Å². The number of carbonyl (C=O) groups excluding carboxylic acids is 3. The summed E-state index contributed by atoms with van der Waals surface area (Å²) in [7, 11) is 0. The Kier molecular flexibility index (Phi) is 16.5. The minimum Gasteiger partial charge on any atom is -0.545 e. The number of benzene rings is 3. The van der Waals surface area contributed by atoms with E-state index >= 15 is 0 Å². The SMILES string of the molecule is CC(C)(C)c1cc(C(=O)[O-])c(O)c(C(C)(C)C)c1.CC(C)(C)c1cc(C(=O)[O-])c(O)c(C(C)(C)C)c1.CC(C)(C)c1cc(C(=O)[O-])c(O)c(C(C)(C)C)c1.[In+3]. The molecule has 0 aromatic heterocycles. The Bertz CT molecular complexity index is 1650. The van der Waals surface area contributed by atoms with E-state index in [4.69, 9.17) is 0 Å². The quantitative estimate of drug-likeness (QED) is 0.259. The van der Waals surface area contributed by atoms with Crippen LogP contribution in [0.25, 0.3) is 0 Å². The molecule has 0 aliphatic carbocycles. The summed E-state index contributed by atoms with van der Waals surface area (Å²) in [6.07, 6.45) is 0. The van der Waals surface area contributed by atoms with Crippen molar-refractivity contribution in [1.29, 1.82) is 0 Å². The van der Waals surface area contributed by atoms with Gasteiger partial charge in [-0.2, -0.15) is 0 Å². The Morgan fingerprint density at radius 2 is 0.527 bits per heavy atom. The number of hydrogen-bond donors (Lipinski definition) is 3. The van der Waals surface area contributed by atoms with Crippen molar-refractivity contribution in [2.24, 2.45) is 0 Å². The van der Waals surface area contributed by atoms with Gasteiger partial charge in [-0.15, -0.1) is 0 Å². The van der Waals surface area contributed by atoms with Gasteiger partial charge >= 0.3 is 25.8 Å². The molecule has 3 aromatic carbocycles. The van der Waals surface area contributed by atoms with Crippen molar-refractivity contribution in [2.75, 3.05) is 0 Å². The van der Waals surface area contributed by atoms with Crippen LogP contribution in [0.1, 0.15) is 189 Å². The third-order valence-electron chi connectivity index (χ3n) is 9.01. The molecule has 0 fully saturated rings. The fourth-order valence-corrected chi connectivity index (χ4v) is 5.38. The molecule has 0 amide bonds. The van der Waals surface area contributed by atoms with Crippen molar-refractivity contribution in [3.63, 3.8) is 0 Å². The molecule has 55 heavy (non-hydrogen) atoms. The Hall–Kier alpha value is -3.66. The van der Waals surface area contributed by atoms with Gasteiger partial charge in [-0.3, -0.25) is 0 Å². The molecule has 0 aliphatic heterocycles. The summed E-state index contributed by atoms with van der Waals surface area (Å²) in [5.74, 6) is -4.58. The molecule has 3 N–H and O–H groups in total.